The summed E-state index contributed by atoms with van der Waals surface area (Å²) in [6.07, 6.45) is -0.000606. The maximum Gasteiger partial charge on any atom is 0.335 e. The summed E-state index contributed by atoms with van der Waals surface area (Å²) in [6.45, 7) is 8.98. The monoisotopic (exact) mass is 280 g/mol. The van der Waals surface area contributed by atoms with Crippen molar-refractivity contribution in [3.8, 4) is 0 Å². The van der Waals surface area contributed by atoms with E-state index in [1.54, 1.807) is 0 Å². The van der Waals surface area contributed by atoms with E-state index in [0.29, 0.717) is 25.5 Å². The van der Waals surface area contributed by atoms with Gasteiger partial charge in [-0.1, -0.05) is 13.8 Å². The summed E-state index contributed by atoms with van der Waals surface area (Å²) < 4.78 is 15.9. The van der Waals surface area contributed by atoms with Crippen molar-refractivity contribution in [2.75, 3.05) is 25.7 Å². The minimum Gasteiger partial charge on any atom is -0.461 e. The first-order chi connectivity index (χ1) is 8.54. The average molecular weight is 281 g/mol. The van der Waals surface area contributed by atoms with Crippen LogP contribution in [0.4, 0.5) is 0 Å². The first kappa shape index (κ1) is 17.7. The molecule has 0 aromatic rings. The van der Waals surface area contributed by atoms with E-state index in [1.807, 2.05) is 27.7 Å². The van der Waals surface area contributed by atoms with Crippen molar-refractivity contribution in [1.82, 2.24) is 0 Å². The van der Waals surface area contributed by atoms with E-state index >= 15 is 0 Å². The van der Waals surface area contributed by atoms with Crippen LogP contribution in [0.1, 0.15) is 34.1 Å². The number of carbonyl (C=O) groups excluding carboxylic acids is 1. The molecule has 0 fully saturated rings. The molecule has 0 amide bonds. The Hall–Kier alpha value is -0.320. The first-order valence-corrected chi connectivity index (χ1v) is 7.04. The van der Waals surface area contributed by atoms with Crippen LogP contribution < -0.4 is 0 Å². The summed E-state index contributed by atoms with van der Waals surface area (Å²) in [4.78, 5) is 11.7. The Morgan fingerprint density at radius 2 is 1.83 bits per heavy atom. The molecule has 0 bridgehead atoms. The van der Waals surface area contributed by atoms with Crippen LogP contribution in [0, 0.1) is 5.92 Å². The predicted molar refractivity (Wildman–Crippen MR) is 72.0 cm³/mol. The van der Waals surface area contributed by atoms with E-state index in [1.165, 1.54) is 0 Å². The van der Waals surface area contributed by atoms with E-state index in [0.717, 1.165) is 0 Å². The highest BCUT2D eigenvalue weighted by Crippen LogP contribution is 2.07. The fraction of sp³-hybridized carbons (Fsp3) is 0.923. The van der Waals surface area contributed by atoms with Crippen molar-refractivity contribution < 1.29 is 19.0 Å². The molecule has 0 rings (SSSR count). The Labute approximate surface area is 115 Å². The molecule has 0 spiro atoms. The standard InChI is InChI=1S/C13H25ClO4/c1-5-12(17-8-10(3)7-14)13(15)18-9-11(4)16-6-2/h10-12H,5-9H2,1-4H3. The minimum absolute atomic E-state index is 0.0850. The maximum atomic E-state index is 11.7. The highest BCUT2D eigenvalue weighted by atomic mass is 35.5. The fourth-order valence-corrected chi connectivity index (χ4v) is 1.39. The molecule has 3 atom stereocenters. The van der Waals surface area contributed by atoms with Gasteiger partial charge in [-0.3, -0.25) is 0 Å². The zero-order chi connectivity index (χ0) is 14.0. The molecule has 3 unspecified atom stereocenters. The molecule has 108 valence electrons. The molecule has 0 heterocycles. The smallest absolute Gasteiger partial charge is 0.335 e. The minimum atomic E-state index is -0.510. The number of rotatable bonds is 10. The summed E-state index contributed by atoms with van der Waals surface area (Å²) >= 11 is 5.68. The summed E-state index contributed by atoms with van der Waals surface area (Å²) in [7, 11) is 0. The zero-order valence-corrected chi connectivity index (χ0v) is 12.5. The third kappa shape index (κ3) is 7.90. The quantitative estimate of drug-likeness (QED) is 0.456. The molecule has 0 saturated heterocycles. The molecular formula is C13H25ClO4. The second-order valence-corrected chi connectivity index (χ2v) is 4.69. The van der Waals surface area contributed by atoms with E-state index in [9.17, 15) is 4.79 Å². The van der Waals surface area contributed by atoms with Crippen molar-refractivity contribution in [2.24, 2.45) is 5.92 Å². The van der Waals surface area contributed by atoms with Crippen LogP contribution in [0.2, 0.25) is 0 Å². The second-order valence-electron chi connectivity index (χ2n) is 4.39. The van der Waals surface area contributed by atoms with Gasteiger partial charge in [0.1, 0.15) is 6.61 Å². The van der Waals surface area contributed by atoms with Gasteiger partial charge in [0, 0.05) is 12.5 Å². The highest BCUT2D eigenvalue weighted by Gasteiger charge is 2.20. The molecule has 0 saturated carbocycles. The lowest BCUT2D eigenvalue weighted by Crippen LogP contribution is -2.30. The predicted octanol–water partition coefficient (Wildman–Crippen LogP) is 2.62. The largest absolute Gasteiger partial charge is 0.461 e. The van der Waals surface area contributed by atoms with E-state index in [4.69, 9.17) is 25.8 Å². The third-order valence-electron chi connectivity index (χ3n) is 2.39. The third-order valence-corrected chi connectivity index (χ3v) is 2.92. The van der Waals surface area contributed by atoms with Gasteiger partial charge in [-0.05, 0) is 26.2 Å². The summed E-state index contributed by atoms with van der Waals surface area (Å²) in [5.74, 6) is 0.425. The van der Waals surface area contributed by atoms with Gasteiger partial charge in [0.25, 0.3) is 0 Å². The molecule has 0 aromatic carbocycles. The summed E-state index contributed by atoms with van der Waals surface area (Å²) in [5.41, 5.74) is 0. The van der Waals surface area contributed by atoms with Crippen LogP contribution >= 0.6 is 11.6 Å². The zero-order valence-electron chi connectivity index (χ0n) is 11.8. The van der Waals surface area contributed by atoms with Gasteiger partial charge < -0.3 is 14.2 Å². The normalized spacial score (nSPS) is 16.1. The molecule has 0 aliphatic rings. The molecule has 4 nitrogen and oxygen atoms in total. The SMILES string of the molecule is CCOC(C)COC(=O)C(CC)OCC(C)CCl. The summed E-state index contributed by atoms with van der Waals surface area (Å²) in [6, 6.07) is 0. The van der Waals surface area contributed by atoms with Gasteiger partial charge in [-0.2, -0.15) is 0 Å². The van der Waals surface area contributed by atoms with Gasteiger partial charge in [0.15, 0.2) is 6.10 Å². The van der Waals surface area contributed by atoms with Crippen LogP contribution in [0.25, 0.3) is 0 Å². The van der Waals surface area contributed by atoms with E-state index in [-0.39, 0.29) is 24.6 Å². The Morgan fingerprint density at radius 1 is 1.17 bits per heavy atom. The topological polar surface area (TPSA) is 44.8 Å². The number of halogens is 1. The summed E-state index contributed by atoms with van der Waals surface area (Å²) in [5, 5.41) is 0. The molecule has 0 N–H and O–H groups in total. The lowest BCUT2D eigenvalue weighted by molar-refractivity contribution is -0.161. The van der Waals surface area contributed by atoms with Crippen molar-refractivity contribution in [3.05, 3.63) is 0 Å². The molecular weight excluding hydrogens is 256 g/mol. The van der Waals surface area contributed by atoms with Crippen molar-refractivity contribution in [3.63, 3.8) is 0 Å². The lowest BCUT2D eigenvalue weighted by Gasteiger charge is -2.18. The molecule has 5 heteroatoms. The van der Waals surface area contributed by atoms with Crippen molar-refractivity contribution in [2.45, 2.75) is 46.3 Å². The first-order valence-electron chi connectivity index (χ1n) is 6.50. The number of hydrogen-bond donors (Lipinski definition) is 0. The Kier molecular flexibility index (Phi) is 10.4. The second kappa shape index (κ2) is 10.6. The number of esters is 1. The van der Waals surface area contributed by atoms with Gasteiger partial charge >= 0.3 is 5.97 Å². The van der Waals surface area contributed by atoms with Crippen molar-refractivity contribution >= 4 is 17.6 Å². The van der Waals surface area contributed by atoms with Crippen LogP contribution in [0.15, 0.2) is 0 Å². The van der Waals surface area contributed by atoms with Crippen LogP contribution in [0.5, 0.6) is 0 Å². The number of ether oxygens (including phenoxy) is 3. The van der Waals surface area contributed by atoms with E-state index in [2.05, 4.69) is 0 Å². The van der Waals surface area contributed by atoms with Gasteiger partial charge in [0.2, 0.25) is 0 Å². The molecule has 0 aliphatic carbocycles. The van der Waals surface area contributed by atoms with Crippen molar-refractivity contribution in [1.29, 1.82) is 0 Å². The van der Waals surface area contributed by atoms with Crippen LogP contribution in [-0.2, 0) is 19.0 Å². The number of carbonyl (C=O) groups is 1. The highest BCUT2D eigenvalue weighted by molar-refractivity contribution is 6.18. The van der Waals surface area contributed by atoms with Gasteiger partial charge in [-0.15, -0.1) is 11.6 Å². The number of hydrogen-bond acceptors (Lipinski definition) is 4. The Balaban J connectivity index is 3.95. The Bertz CT molecular complexity index is 223. The van der Waals surface area contributed by atoms with E-state index < -0.39 is 6.10 Å². The molecule has 0 aromatic heterocycles. The molecule has 0 aliphatic heterocycles. The Morgan fingerprint density at radius 3 is 2.33 bits per heavy atom. The average Bonchev–Trinajstić information content (AvgIpc) is 2.37. The fourth-order valence-electron chi connectivity index (χ4n) is 1.30. The number of alkyl halides is 1. The molecule has 18 heavy (non-hydrogen) atoms. The van der Waals surface area contributed by atoms with Gasteiger partial charge in [0.05, 0.1) is 12.7 Å². The lowest BCUT2D eigenvalue weighted by atomic mass is 10.2. The van der Waals surface area contributed by atoms with Gasteiger partial charge in [-0.25, -0.2) is 4.79 Å². The van der Waals surface area contributed by atoms with Crippen LogP contribution in [0.3, 0.4) is 0 Å². The maximum absolute atomic E-state index is 11.7. The van der Waals surface area contributed by atoms with Crippen LogP contribution in [-0.4, -0.2) is 43.9 Å². The molecule has 0 radical (unpaired) electrons.